The second-order valence-electron chi connectivity index (χ2n) is 17.8. The molecule has 3 fully saturated rings. The molecule has 3 saturated carbocycles. The van der Waals surface area contributed by atoms with Gasteiger partial charge in [-0.15, -0.1) is 0 Å². The molecule has 0 amide bonds. The van der Waals surface area contributed by atoms with E-state index in [-0.39, 0.29) is 5.41 Å². The lowest BCUT2D eigenvalue weighted by atomic mass is 9.60. The van der Waals surface area contributed by atoms with Crippen molar-refractivity contribution in [2.24, 2.45) is 34.5 Å². The van der Waals surface area contributed by atoms with E-state index < -0.39 is 18.2 Å². The number of allylic oxidation sites excluding steroid dienone is 12. The molecule has 0 radical (unpaired) electrons. The zero-order valence-electron chi connectivity index (χ0n) is 33.2. The minimum absolute atomic E-state index is 0.227. The van der Waals surface area contributed by atoms with Crippen molar-refractivity contribution in [2.45, 2.75) is 158 Å². The highest BCUT2D eigenvalue weighted by atomic mass is 16.5. The first kappa shape index (κ1) is 40.1. The Kier molecular flexibility index (Phi) is 14.2. The molecule has 3 heteroatoms. The zero-order valence-corrected chi connectivity index (χ0v) is 33.2. The predicted molar refractivity (Wildman–Crippen MR) is 213 cm³/mol. The number of rotatable bonds is 12. The molecule has 1 N–H and O–H groups in total. The molecular formula is C47H70O3. The first-order valence-electron chi connectivity index (χ1n) is 20.0. The van der Waals surface area contributed by atoms with E-state index in [1.807, 2.05) is 19.1 Å². The van der Waals surface area contributed by atoms with Crippen LogP contribution in [0.1, 0.15) is 146 Å². The van der Waals surface area contributed by atoms with E-state index in [0.29, 0.717) is 24.2 Å². The number of carbonyl (C=O) groups excluding carboxylic acids is 1. The number of hydrogen-bond acceptors (Lipinski definition) is 3. The maximum Gasteiger partial charge on any atom is 0.331 e. The molecule has 4 aliphatic rings. The van der Waals surface area contributed by atoms with E-state index >= 15 is 0 Å². The Morgan fingerprint density at radius 2 is 1.74 bits per heavy atom. The van der Waals surface area contributed by atoms with Crippen LogP contribution in [0.25, 0.3) is 0 Å². The van der Waals surface area contributed by atoms with Crippen LogP contribution in [0.2, 0.25) is 0 Å². The summed E-state index contributed by atoms with van der Waals surface area (Å²) in [5, 5.41) is 10.8. The number of fused-ring (bicyclic) bond motifs is 1. The molecule has 0 aromatic heterocycles. The van der Waals surface area contributed by atoms with Crippen LogP contribution in [0, 0.1) is 34.5 Å². The summed E-state index contributed by atoms with van der Waals surface area (Å²) in [6.45, 7) is 25.1. The third kappa shape index (κ3) is 10.5. The Morgan fingerprint density at radius 3 is 2.46 bits per heavy atom. The predicted octanol–water partition coefficient (Wildman–Crippen LogP) is 12.7. The molecule has 50 heavy (non-hydrogen) atoms. The SMILES string of the molecule is C=C1/C(=C\C=C2/CCC[C@@]3(C)C2CC[C@@H]3[C@H](C)CCCC(C)C)C[C@@H](O)C[C@@H]1OC(=O)/C=C(C)/C=C/C=C(C)/C=C/C1=C(C)CCCC1(C)C. The van der Waals surface area contributed by atoms with Crippen LogP contribution < -0.4 is 0 Å². The lowest BCUT2D eigenvalue weighted by Gasteiger charge is -2.44. The molecule has 1 unspecified atom stereocenters. The van der Waals surface area contributed by atoms with Crippen LogP contribution in [0.15, 0.2) is 94.2 Å². The van der Waals surface area contributed by atoms with Crippen molar-refractivity contribution < 1.29 is 14.6 Å². The number of ether oxygens (including phenoxy) is 1. The topological polar surface area (TPSA) is 46.5 Å². The number of esters is 1. The molecule has 0 aromatic rings. The Labute approximate surface area is 306 Å². The van der Waals surface area contributed by atoms with E-state index in [2.05, 4.69) is 92.3 Å². The van der Waals surface area contributed by atoms with Gasteiger partial charge in [-0.1, -0.05) is 127 Å². The van der Waals surface area contributed by atoms with Crippen LogP contribution in [-0.4, -0.2) is 23.3 Å². The first-order chi connectivity index (χ1) is 23.6. The van der Waals surface area contributed by atoms with Crippen LogP contribution in [0.4, 0.5) is 0 Å². The lowest BCUT2D eigenvalue weighted by Crippen LogP contribution is -2.36. The fourth-order valence-electron chi connectivity index (χ4n) is 9.87. The summed E-state index contributed by atoms with van der Waals surface area (Å²) >= 11 is 0. The van der Waals surface area contributed by atoms with Crippen molar-refractivity contribution in [1.29, 1.82) is 0 Å². The number of hydrogen-bond donors (Lipinski definition) is 1. The smallest absolute Gasteiger partial charge is 0.331 e. The largest absolute Gasteiger partial charge is 0.454 e. The average molecular weight is 683 g/mol. The third-order valence-corrected chi connectivity index (χ3v) is 12.8. The van der Waals surface area contributed by atoms with E-state index in [1.54, 1.807) is 5.57 Å². The van der Waals surface area contributed by atoms with E-state index in [4.69, 9.17) is 4.74 Å². The van der Waals surface area contributed by atoms with Crippen LogP contribution >= 0.6 is 0 Å². The van der Waals surface area contributed by atoms with Gasteiger partial charge in [0.1, 0.15) is 6.10 Å². The Bertz CT molecular complexity index is 1440. The van der Waals surface area contributed by atoms with E-state index in [1.165, 1.54) is 81.4 Å². The molecule has 0 heterocycles. The Balaban J connectivity index is 1.36. The zero-order chi connectivity index (χ0) is 36.6. The van der Waals surface area contributed by atoms with Crippen molar-refractivity contribution in [2.75, 3.05) is 0 Å². The number of aliphatic hydroxyl groups excluding tert-OH is 1. The maximum atomic E-state index is 13.0. The highest BCUT2D eigenvalue weighted by molar-refractivity contribution is 5.83. The molecule has 4 aliphatic carbocycles. The van der Waals surface area contributed by atoms with Gasteiger partial charge in [0.15, 0.2) is 0 Å². The van der Waals surface area contributed by atoms with Gasteiger partial charge >= 0.3 is 5.97 Å². The number of carbonyl (C=O) groups is 1. The van der Waals surface area contributed by atoms with Gasteiger partial charge in [-0.2, -0.15) is 0 Å². The summed E-state index contributed by atoms with van der Waals surface area (Å²) in [6, 6.07) is 0. The molecule has 0 saturated heterocycles. The summed E-state index contributed by atoms with van der Waals surface area (Å²) < 4.78 is 5.90. The Morgan fingerprint density at radius 1 is 1.00 bits per heavy atom. The monoisotopic (exact) mass is 683 g/mol. The fourth-order valence-corrected chi connectivity index (χ4v) is 9.87. The second-order valence-corrected chi connectivity index (χ2v) is 17.8. The average Bonchev–Trinajstić information content (AvgIpc) is 3.38. The van der Waals surface area contributed by atoms with Crippen molar-refractivity contribution in [3.8, 4) is 0 Å². The molecule has 0 aromatic carbocycles. The molecule has 3 nitrogen and oxygen atoms in total. The van der Waals surface area contributed by atoms with Gasteiger partial charge < -0.3 is 9.84 Å². The highest BCUT2D eigenvalue weighted by Crippen LogP contribution is 2.60. The summed E-state index contributed by atoms with van der Waals surface area (Å²) in [7, 11) is 0. The molecule has 0 bridgehead atoms. The summed E-state index contributed by atoms with van der Waals surface area (Å²) in [6.07, 6.45) is 30.5. The second kappa shape index (κ2) is 17.7. The fraction of sp³-hybridized carbons (Fsp3) is 0.638. The first-order valence-corrected chi connectivity index (χ1v) is 20.0. The van der Waals surface area contributed by atoms with Crippen molar-refractivity contribution in [1.82, 2.24) is 0 Å². The van der Waals surface area contributed by atoms with Gasteiger partial charge in [-0.05, 0) is 135 Å². The van der Waals surface area contributed by atoms with Crippen LogP contribution in [0.5, 0.6) is 0 Å². The van der Waals surface area contributed by atoms with Crippen molar-refractivity contribution in [3.63, 3.8) is 0 Å². The van der Waals surface area contributed by atoms with Crippen LogP contribution in [0.3, 0.4) is 0 Å². The van der Waals surface area contributed by atoms with Gasteiger partial charge in [0.25, 0.3) is 0 Å². The summed E-state index contributed by atoms with van der Waals surface area (Å²) in [5.74, 6) is 2.62. The molecule has 0 aliphatic heterocycles. The van der Waals surface area contributed by atoms with Crippen molar-refractivity contribution in [3.05, 3.63) is 94.2 Å². The molecular weight excluding hydrogens is 613 g/mol. The molecule has 6 atom stereocenters. The van der Waals surface area contributed by atoms with E-state index in [0.717, 1.165) is 46.5 Å². The van der Waals surface area contributed by atoms with E-state index in [9.17, 15) is 9.90 Å². The van der Waals surface area contributed by atoms with Crippen molar-refractivity contribution >= 4 is 5.97 Å². The summed E-state index contributed by atoms with van der Waals surface area (Å²) in [5.41, 5.74) is 8.95. The maximum absolute atomic E-state index is 13.0. The van der Waals surface area contributed by atoms with Gasteiger partial charge in [0.2, 0.25) is 0 Å². The van der Waals surface area contributed by atoms with Gasteiger partial charge in [-0.3, -0.25) is 0 Å². The standard InChI is InChI=1S/C47H70O3/c1-32(2)15-11-18-36(6)42-25-26-43-38(20-14-28-47(42,43)10)22-23-39-30-40(48)31-44(37(39)7)50-45(49)29-34(4)17-12-16-33(3)21-24-41-35(5)19-13-27-46(41,8)9/h12,16-17,21-24,29,32,36,40,42-44,48H,7,11,13-15,18-20,25-28,30-31H2,1-6,8-10H3/b17-12+,24-21+,33-16+,34-29+,38-22+,39-23-/t36-,40-,42-,43?,44+,47-/m1/s1. The quantitative estimate of drug-likeness (QED) is 0.127. The minimum atomic E-state index is -0.549. The Hall–Kier alpha value is -2.65. The van der Waals surface area contributed by atoms with Crippen LogP contribution in [-0.2, 0) is 9.53 Å². The number of aliphatic hydroxyl groups is 1. The molecule has 0 spiro atoms. The molecule has 276 valence electrons. The highest BCUT2D eigenvalue weighted by Gasteiger charge is 2.50. The van der Waals surface area contributed by atoms with Gasteiger partial charge in [0, 0.05) is 12.5 Å². The summed E-state index contributed by atoms with van der Waals surface area (Å²) in [4.78, 5) is 13.0. The van der Waals surface area contributed by atoms with Gasteiger partial charge in [0.05, 0.1) is 6.10 Å². The molecule has 4 rings (SSSR count). The third-order valence-electron chi connectivity index (χ3n) is 12.8. The van der Waals surface area contributed by atoms with Gasteiger partial charge in [-0.25, -0.2) is 4.79 Å². The normalized spacial score (nSPS) is 31.8. The lowest BCUT2D eigenvalue weighted by molar-refractivity contribution is -0.142. The minimum Gasteiger partial charge on any atom is -0.454 e.